The SMILES string of the molecule is COc1cc(/C=N/N=C(\N)NO)cc(OC)c1O.Cc1ccc(S(=O)(=O)O)cc1. The lowest BCUT2D eigenvalue weighted by molar-refractivity contribution is 0.232. The second-order valence-electron chi connectivity index (χ2n) is 5.40. The molecule has 0 spiro atoms. The van der Waals surface area contributed by atoms with Crippen LogP contribution >= 0.6 is 0 Å². The largest absolute Gasteiger partial charge is 0.502 e. The number of nitrogens with zero attached hydrogens (tertiary/aromatic N) is 2. The van der Waals surface area contributed by atoms with E-state index in [0.29, 0.717) is 5.56 Å². The van der Waals surface area contributed by atoms with Crippen molar-refractivity contribution < 1.29 is 32.8 Å². The van der Waals surface area contributed by atoms with Crippen LogP contribution in [-0.4, -0.2) is 49.7 Å². The van der Waals surface area contributed by atoms with Gasteiger partial charge in [-0.15, -0.1) is 5.10 Å². The molecule has 0 bridgehead atoms. The standard InChI is InChI=1S/C10H14N4O4.C7H8O3S/c1-17-7-3-6(4-8(18-2)9(7)15)5-12-13-10(11)14-16;1-6-2-4-7(5-3-6)11(8,9)10/h3-5,15-16H,1-2H3,(H3,11,13,14);2-5H,1H3,(H,8,9,10)/b12-5+;. The predicted octanol–water partition coefficient (Wildman–Crippen LogP) is 1.28. The van der Waals surface area contributed by atoms with E-state index in [1.54, 1.807) is 29.7 Å². The van der Waals surface area contributed by atoms with E-state index in [2.05, 4.69) is 10.2 Å². The van der Waals surface area contributed by atoms with Gasteiger partial charge in [-0.3, -0.25) is 9.76 Å². The quantitative estimate of drug-likeness (QED) is 0.204. The van der Waals surface area contributed by atoms with Crippen LogP contribution in [0.1, 0.15) is 11.1 Å². The Morgan fingerprint density at radius 3 is 2.07 bits per heavy atom. The van der Waals surface area contributed by atoms with E-state index >= 15 is 0 Å². The summed E-state index contributed by atoms with van der Waals surface area (Å²) in [5.74, 6) is 0.141. The zero-order chi connectivity index (χ0) is 22.0. The summed E-state index contributed by atoms with van der Waals surface area (Å²) in [6, 6.07) is 9.07. The predicted molar refractivity (Wildman–Crippen MR) is 106 cm³/mol. The maximum absolute atomic E-state index is 10.5. The number of aromatic hydroxyl groups is 1. The van der Waals surface area contributed by atoms with Gasteiger partial charge in [0, 0.05) is 5.56 Å². The second kappa shape index (κ2) is 10.8. The number of nitrogens with two attached hydrogens (primary N) is 1. The third-order valence-electron chi connectivity index (χ3n) is 3.31. The van der Waals surface area contributed by atoms with E-state index in [9.17, 15) is 13.5 Å². The summed E-state index contributed by atoms with van der Waals surface area (Å²) >= 11 is 0. The first-order valence-electron chi connectivity index (χ1n) is 7.88. The highest BCUT2D eigenvalue weighted by atomic mass is 32.2. The number of methoxy groups -OCH3 is 2. The van der Waals surface area contributed by atoms with Crippen molar-refractivity contribution in [3.8, 4) is 17.2 Å². The molecule has 2 aromatic rings. The number of nitrogens with one attached hydrogen (secondary N) is 1. The molecule has 0 radical (unpaired) electrons. The van der Waals surface area contributed by atoms with Crippen molar-refractivity contribution in [3.05, 3.63) is 47.5 Å². The number of guanidine groups is 1. The Kier molecular flexibility index (Phi) is 8.86. The Morgan fingerprint density at radius 2 is 1.66 bits per heavy atom. The van der Waals surface area contributed by atoms with Gasteiger partial charge in [-0.05, 0) is 31.2 Å². The molecule has 158 valence electrons. The lowest BCUT2D eigenvalue weighted by atomic mass is 10.2. The van der Waals surface area contributed by atoms with Crippen molar-refractivity contribution in [2.45, 2.75) is 11.8 Å². The maximum atomic E-state index is 10.5. The van der Waals surface area contributed by atoms with Crippen LogP contribution in [0.15, 0.2) is 51.5 Å². The molecule has 0 unspecified atom stereocenters. The molecule has 2 rings (SSSR count). The maximum Gasteiger partial charge on any atom is 0.294 e. The van der Waals surface area contributed by atoms with Crippen molar-refractivity contribution in [1.29, 1.82) is 0 Å². The highest BCUT2D eigenvalue weighted by molar-refractivity contribution is 7.85. The second-order valence-corrected chi connectivity index (χ2v) is 6.83. The number of rotatable bonds is 5. The van der Waals surface area contributed by atoms with Crippen LogP contribution in [0, 0.1) is 6.92 Å². The third kappa shape index (κ3) is 7.65. The van der Waals surface area contributed by atoms with Gasteiger partial charge in [-0.2, -0.15) is 13.5 Å². The van der Waals surface area contributed by atoms with Crippen LogP contribution < -0.4 is 20.7 Å². The summed E-state index contributed by atoms with van der Waals surface area (Å²) in [6.07, 6.45) is 1.36. The number of aryl methyl sites for hydroxylation is 1. The monoisotopic (exact) mass is 426 g/mol. The topological polar surface area (TPSA) is 176 Å². The molecule has 0 aliphatic carbocycles. The molecule has 12 heteroatoms. The minimum Gasteiger partial charge on any atom is -0.502 e. The van der Waals surface area contributed by atoms with Crippen LogP contribution in [0.4, 0.5) is 0 Å². The smallest absolute Gasteiger partial charge is 0.294 e. The lowest BCUT2D eigenvalue weighted by Gasteiger charge is -2.08. The molecule has 0 heterocycles. The molecule has 0 aliphatic rings. The van der Waals surface area contributed by atoms with Crippen LogP contribution in [0.5, 0.6) is 17.2 Å². The summed E-state index contributed by atoms with van der Waals surface area (Å²) in [5.41, 5.74) is 8.32. The van der Waals surface area contributed by atoms with Crippen molar-refractivity contribution in [1.82, 2.24) is 5.48 Å². The molecule has 6 N–H and O–H groups in total. The fraction of sp³-hybridized carbons (Fsp3) is 0.176. The van der Waals surface area contributed by atoms with E-state index < -0.39 is 10.1 Å². The zero-order valence-corrected chi connectivity index (χ0v) is 16.7. The minimum absolute atomic E-state index is 0.0666. The van der Waals surface area contributed by atoms with Crippen molar-refractivity contribution >= 4 is 22.3 Å². The van der Waals surface area contributed by atoms with Crippen LogP contribution in [0.3, 0.4) is 0 Å². The summed E-state index contributed by atoms with van der Waals surface area (Å²) in [4.78, 5) is -0.0666. The van der Waals surface area contributed by atoms with E-state index in [1.807, 2.05) is 6.92 Å². The highest BCUT2D eigenvalue weighted by Crippen LogP contribution is 2.36. The van der Waals surface area contributed by atoms with E-state index in [1.165, 1.54) is 32.6 Å². The highest BCUT2D eigenvalue weighted by Gasteiger charge is 2.10. The molecule has 11 nitrogen and oxygen atoms in total. The van der Waals surface area contributed by atoms with Crippen LogP contribution in [0.2, 0.25) is 0 Å². The number of benzene rings is 2. The molecule has 0 aromatic heterocycles. The fourth-order valence-electron chi connectivity index (χ4n) is 1.88. The van der Waals surface area contributed by atoms with Gasteiger partial charge in [0.25, 0.3) is 10.1 Å². The molecule has 0 amide bonds. The van der Waals surface area contributed by atoms with E-state index in [4.69, 9.17) is 25.0 Å². The average molecular weight is 426 g/mol. The molecular weight excluding hydrogens is 404 g/mol. The van der Waals surface area contributed by atoms with E-state index in [-0.39, 0.29) is 28.1 Å². The van der Waals surface area contributed by atoms with Crippen LogP contribution in [0.25, 0.3) is 0 Å². The Hall–Kier alpha value is -3.35. The number of phenols is 1. The van der Waals surface area contributed by atoms with Gasteiger partial charge in [0.2, 0.25) is 11.7 Å². The molecule has 29 heavy (non-hydrogen) atoms. The van der Waals surface area contributed by atoms with Gasteiger partial charge in [-0.25, -0.2) is 5.48 Å². The molecule has 0 saturated carbocycles. The first-order chi connectivity index (χ1) is 13.6. The summed E-state index contributed by atoms with van der Waals surface area (Å²) < 4.78 is 39.5. The van der Waals surface area contributed by atoms with Gasteiger partial charge in [0.05, 0.1) is 25.3 Å². The number of hydroxylamine groups is 1. The van der Waals surface area contributed by atoms with Crippen molar-refractivity contribution in [2.24, 2.45) is 15.9 Å². The summed E-state index contributed by atoms with van der Waals surface area (Å²) in [5, 5.41) is 25.1. The normalized spacial score (nSPS) is 11.6. The summed E-state index contributed by atoms with van der Waals surface area (Å²) in [7, 11) is -1.18. The van der Waals surface area contributed by atoms with Gasteiger partial charge in [0.1, 0.15) is 0 Å². The molecular formula is C17H22N4O7S. The molecule has 0 fully saturated rings. The minimum atomic E-state index is -4.02. The van der Waals surface area contributed by atoms with Crippen molar-refractivity contribution in [3.63, 3.8) is 0 Å². The van der Waals surface area contributed by atoms with Gasteiger partial charge in [-0.1, -0.05) is 17.7 Å². The first-order valence-corrected chi connectivity index (χ1v) is 9.32. The fourth-order valence-corrected chi connectivity index (χ4v) is 2.36. The van der Waals surface area contributed by atoms with Gasteiger partial charge < -0.3 is 20.3 Å². The van der Waals surface area contributed by atoms with Gasteiger partial charge >= 0.3 is 0 Å². The molecule has 0 atom stereocenters. The molecule has 0 aliphatic heterocycles. The summed E-state index contributed by atoms with van der Waals surface area (Å²) in [6.45, 7) is 1.84. The van der Waals surface area contributed by atoms with Crippen LogP contribution in [-0.2, 0) is 10.1 Å². The van der Waals surface area contributed by atoms with E-state index in [0.717, 1.165) is 5.56 Å². The molecule has 2 aromatic carbocycles. The zero-order valence-electron chi connectivity index (χ0n) is 15.9. The molecule has 0 saturated heterocycles. The Balaban J connectivity index is 0.000000326. The lowest BCUT2D eigenvalue weighted by Crippen LogP contribution is -2.27. The Bertz CT molecular complexity index is 949. The Morgan fingerprint density at radius 1 is 1.14 bits per heavy atom. The number of hydrogen-bond acceptors (Lipinski definition) is 8. The Labute approximate surface area is 167 Å². The first kappa shape index (κ1) is 23.7. The number of hydrogen-bond donors (Lipinski definition) is 5. The number of ether oxygens (including phenoxy) is 2. The van der Waals surface area contributed by atoms with Gasteiger partial charge in [0.15, 0.2) is 11.5 Å². The number of phenolic OH excluding ortho intramolecular Hbond substituents is 1. The average Bonchev–Trinajstić information content (AvgIpc) is 2.68. The third-order valence-corrected chi connectivity index (χ3v) is 4.18. The van der Waals surface area contributed by atoms with Crippen molar-refractivity contribution in [2.75, 3.05) is 14.2 Å².